The van der Waals surface area contributed by atoms with Crippen LogP contribution in [0.15, 0.2) is 12.1 Å². The Morgan fingerprint density at radius 2 is 1.82 bits per heavy atom. The lowest BCUT2D eigenvalue weighted by atomic mass is 10.1. The fourth-order valence-corrected chi connectivity index (χ4v) is 2.10. The number of hydrogen-bond acceptors (Lipinski definition) is 3. The molecule has 0 fully saturated rings. The Morgan fingerprint density at radius 3 is 2.24 bits per heavy atom. The third-order valence-corrected chi connectivity index (χ3v) is 2.91. The van der Waals surface area contributed by atoms with E-state index >= 15 is 0 Å². The van der Waals surface area contributed by atoms with Gasteiger partial charge in [-0.2, -0.15) is 0 Å². The summed E-state index contributed by atoms with van der Waals surface area (Å²) in [6.07, 6.45) is 2.30. The van der Waals surface area contributed by atoms with Crippen molar-refractivity contribution in [1.82, 2.24) is 4.98 Å². The van der Waals surface area contributed by atoms with Crippen LogP contribution in [0.25, 0.3) is 0 Å². The van der Waals surface area contributed by atoms with E-state index in [1.165, 1.54) is 0 Å². The summed E-state index contributed by atoms with van der Waals surface area (Å²) in [5, 5.41) is 0. The zero-order chi connectivity index (χ0) is 12.8. The Bertz CT molecular complexity index is 341. The Balaban J connectivity index is 2.93. The molecule has 0 saturated carbocycles. The first-order valence-electron chi connectivity index (χ1n) is 6.58. The minimum Gasteiger partial charge on any atom is -0.357 e. The first-order chi connectivity index (χ1) is 8.10. The van der Waals surface area contributed by atoms with Crippen LogP contribution in [0.1, 0.15) is 50.9 Å². The van der Waals surface area contributed by atoms with E-state index in [2.05, 4.69) is 35.9 Å². The summed E-state index contributed by atoms with van der Waals surface area (Å²) in [6.45, 7) is 10.6. The zero-order valence-corrected chi connectivity index (χ0v) is 11.5. The van der Waals surface area contributed by atoms with Gasteiger partial charge in [0, 0.05) is 24.8 Å². The minimum atomic E-state index is 0.0577. The first kappa shape index (κ1) is 14.0. The fraction of sp³-hybridized carbons (Fsp3) is 0.643. The molecule has 3 nitrogen and oxygen atoms in total. The molecule has 1 aromatic heterocycles. The summed E-state index contributed by atoms with van der Waals surface area (Å²) in [6, 6.07) is 4.26. The summed E-state index contributed by atoms with van der Waals surface area (Å²) in [7, 11) is 0. The molecule has 1 heterocycles. The molecule has 0 radical (unpaired) electrons. The van der Waals surface area contributed by atoms with Gasteiger partial charge in [-0.15, -0.1) is 0 Å². The number of aryl methyl sites for hydroxylation is 1. The van der Waals surface area contributed by atoms with Crippen LogP contribution in [0.4, 0.5) is 5.82 Å². The molecule has 17 heavy (non-hydrogen) atoms. The van der Waals surface area contributed by atoms with Gasteiger partial charge in [-0.3, -0.25) is 0 Å². The molecule has 0 aromatic carbocycles. The Hall–Kier alpha value is -1.09. The molecule has 0 aliphatic heterocycles. The van der Waals surface area contributed by atoms with Crippen molar-refractivity contribution in [3.8, 4) is 0 Å². The molecule has 3 heteroatoms. The van der Waals surface area contributed by atoms with Crippen LogP contribution in [0.5, 0.6) is 0 Å². The summed E-state index contributed by atoms with van der Waals surface area (Å²) in [5.41, 5.74) is 8.10. The van der Waals surface area contributed by atoms with Gasteiger partial charge in [0.15, 0.2) is 0 Å². The molecule has 96 valence electrons. The molecule has 0 saturated heterocycles. The first-order valence-corrected chi connectivity index (χ1v) is 6.58. The van der Waals surface area contributed by atoms with Crippen LogP contribution in [0, 0.1) is 6.92 Å². The maximum absolute atomic E-state index is 5.90. The summed E-state index contributed by atoms with van der Waals surface area (Å²) in [4.78, 5) is 7.02. The van der Waals surface area contributed by atoms with E-state index in [4.69, 9.17) is 5.73 Å². The predicted octanol–water partition coefficient (Wildman–Crippen LogP) is 3.04. The quantitative estimate of drug-likeness (QED) is 0.824. The SMILES string of the molecule is CCCN(CCC)c1ccc(C(C)N)c(C)n1. The number of anilines is 1. The van der Waals surface area contributed by atoms with Crippen molar-refractivity contribution in [2.24, 2.45) is 5.73 Å². The van der Waals surface area contributed by atoms with Crippen LogP contribution in [0.3, 0.4) is 0 Å². The van der Waals surface area contributed by atoms with Crippen molar-refractivity contribution >= 4 is 5.82 Å². The maximum Gasteiger partial charge on any atom is 0.128 e. The highest BCUT2D eigenvalue weighted by Crippen LogP contribution is 2.19. The van der Waals surface area contributed by atoms with Crippen molar-refractivity contribution in [3.05, 3.63) is 23.4 Å². The van der Waals surface area contributed by atoms with Crippen molar-refractivity contribution < 1.29 is 0 Å². The highest BCUT2D eigenvalue weighted by Gasteiger charge is 2.10. The van der Waals surface area contributed by atoms with Gasteiger partial charge in [0.1, 0.15) is 5.82 Å². The number of rotatable bonds is 6. The number of nitrogens with two attached hydrogens (primary N) is 1. The van der Waals surface area contributed by atoms with Gasteiger partial charge < -0.3 is 10.6 Å². The molecule has 0 bridgehead atoms. The average molecular weight is 235 g/mol. The second kappa shape index (κ2) is 6.60. The van der Waals surface area contributed by atoms with E-state index in [9.17, 15) is 0 Å². The second-order valence-electron chi connectivity index (χ2n) is 4.62. The zero-order valence-electron chi connectivity index (χ0n) is 11.5. The van der Waals surface area contributed by atoms with E-state index < -0.39 is 0 Å². The van der Waals surface area contributed by atoms with E-state index in [1.54, 1.807) is 0 Å². The Morgan fingerprint density at radius 1 is 1.24 bits per heavy atom. The number of pyridine rings is 1. The van der Waals surface area contributed by atoms with E-state index in [1.807, 2.05) is 13.8 Å². The normalized spacial score (nSPS) is 12.5. The van der Waals surface area contributed by atoms with E-state index in [0.717, 1.165) is 43.0 Å². The Kier molecular flexibility index (Phi) is 5.42. The van der Waals surface area contributed by atoms with E-state index in [-0.39, 0.29) is 6.04 Å². The molecular formula is C14H25N3. The predicted molar refractivity (Wildman–Crippen MR) is 74.4 cm³/mol. The third kappa shape index (κ3) is 3.70. The smallest absolute Gasteiger partial charge is 0.128 e. The fourth-order valence-electron chi connectivity index (χ4n) is 2.10. The molecule has 0 amide bonds. The number of hydrogen-bond donors (Lipinski definition) is 1. The maximum atomic E-state index is 5.90. The van der Waals surface area contributed by atoms with Crippen LogP contribution < -0.4 is 10.6 Å². The minimum absolute atomic E-state index is 0.0577. The van der Waals surface area contributed by atoms with Crippen LogP contribution >= 0.6 is 0 Å². The highest BCUT2D eigenvalue weighted by molar-refractivity contribution is 5.42. The lowest BCUT2D eigenvalue weighted by molar-refractivity contribution is 0.728. The molecular weight excluding hydrogens is 210 g/mol. The summed E-state index contributed by atoms with van der Waals surface area (Å²) < 4.78 is 0. The van der Waals surface area contributed by atoms with Crippen LogP contribution in [-0.2, 0) is 0 Å². The van der Waals surface area contributed by atoms with Gasteiger partial charge in [-0.25, -0.2) is 4.98 Å². The number of nitrogens with zero attached hydrogens (tertiary/aromatic N) is 2. The van der Waals surface area contributed by atoms with Crippen molar-refractivity contribution in [1.29, 1.82) is 0 Å². The van der Waals surface area contributed by atoms with Crippen molar-refractivity contribution in [2.75, 3.05) is 18.0 Å². The van der Waals surface area contributed by atoms with Crippen LogP contribution in [0.2, 0.25) is 0 Å². The molecule has 1 rings (SSSR count). The van der Waals surface area contributed by atoms with Gasteiger partial charge in [0.2, 0.25) is 0 Å². The second-order valence-corrected chi connectivity index (χ2v) is 4.62. The monoisotopic (exact) mass is 235 g/mol. The summed E-state index contributed by atoms with van der Waals surface area (Å²) >= 11 is 0. The van der Waals surface area contributed by atoms with Gasteiger partial charge in [0.25, 0.3) is 0 Å². The van der Waals surface area contributed by atoms with Crippen molar-refractivity contribution in [2.45, 2.75) is 46.6 Å². The molecule has 1 unspecified atom stereocenters. The topological polar surface area (TPSA) is 42.1 Å². The molecule has 0 aliphatic rings. The summed E-state index contributed by atoms with van der Waals surface area (Å²) in [5.74, 6) is 1.08. The van der Waals surface area contributed by atoms with Gasteiger partial charge in [0.05, 0.1) is 0 Å². The molecule has 1 aromatic rings. The standard InChI is InChI=1S/C14H25N3/c1-5-9-17(10-6-2)14-8-7-13(11(3)15)12(4)16-14/h7-8,11H,5-6,9-10,15H2,1-4H3. The third-order valence-electron chi connectivity index (χ3n) is 2.91. The molecule has 2 N–H and O–H groups in total. The Labute approximate surface area is 105 Å². The van der Waals surface area contributed by atoms with Crippen molar-refractivity contribution in [3.63, 3.8) is 0 Å². The molecule has 1 atom stereocenters. The molecule has 0 spiro atoms. The van der Waals surface area contributed by atoms with E-state index in [0.29, 0.717) is 0 Å². The van der Waals surface area contributed by atoms with Gasteiger partial charge in [-0.1, -0.05) is 19.9 Å². The molecule has 0 aliphatic carbocycles. The largest absolute Gasteiger partial charge is 0.357 e. The lowest BCUT2D eigenvalue weighted by Crippen LogP contribution is -2.26. The average Bonchev–Trinajstić information content (AvgIpc) is 2.28. The van der Waals surface area contributed by atoms with Crippen LogP contribution in [-0.4, -0.2) is 18.1 Å². The highest BCUT2D eigenvalue weighted by atomic mass is 15.2. The van der Waals surface area contributed by atoms with Gasteiger partial charge >= 0.3 is 0 Å². The number of aromatic nitrogens is 1. The van der Waals surface area contributed by atoms with Gasteiger partial charge in [-0.05, 0) is 38.3 Å². The lowest BCUT2D eigenvalue weighted by Gasteiger charge is -2.23.